The minimum Gasteiger partial charge on any atom is -0.342 e. The maximum absolute atomic E-state index is 13.7. The third-order valence-electron chi connectivity index (χ3n) is 3.77. The number of nitrogens with zero attached hydrogens (tertiary/aromatic N) is 3. The van der Waals surface area contributed by atoms with Crippen LogP contribution < -0.4 is 5.73 Å². The van der Waals surface area contributed by atoms with E-state index in [0.29, 0.717) is 29.9 Å². The van der Waals surface area contributed by atoms with Crippen molar-refractivity contribution in [3.05, 3.63) is 35.9 Å². The summed E-state index contributed by atoms with van der Waals surface area (Å²) < 4.78 is 13.7. The zero-order valence-electron chi connectivity index (χ0n) is 13.9. The summed E-state index contributed by atoms with van der Waals surface area (Å²) in [6.07, 6.45) is 3.66. The summed E-state index contributed by atoms with van der Waals surface area (Å²) in [4.78, 5) is 22.3. The molecule has 1 aromatic heterocycles. The number of benzene rings is 1. The molecule has 0 aliphatic rings. The summed E-state index contributed by atoms with van der Waals surface area (Å²) >= 11 is 0. The van der Waals surface area contributed by atoms with E-state index in [2.05, 4.69) is 9.97 Å². The lowest BCUT2D eigenvalue weighted by atomic mass is 10.0. The van der Waals surface area contributed by atoms with Crippen LogP contribution in [-0.2, 0) is 0 Å². The number of hydrogen-bond donors (Lipinski definition) is 1. The molecule has 0 bridgehead atoms. The van der Waals surface area contributed by atoms with Crippen LogP contribution in [0.4, 0.5) is 4.39 Å². The number of hydrogen-bond acceptors (Lipinski definition) is 4. The van der Waals surface area contributed by atoms with Gasteiger partial charge < -0.3 is 10.6 Å². The summed E-state index contributed by atoms with van der Waals surface area (Å²) in [6.45, 7) is 4.60. The van der Waals surface area contributed by atoms with Gasteiger partial charge in [-0.3, -0.25) is 14.8 Å². The number of fused-ring (bicyclic) bond motifs is 1. The molecule has 0 fully saturated rings. The quantitative estimate of drug-likeness (QED) is 0.869. The topological polar surface area (TPSA) is 72.1 Å². The van der Waals surface area contributed by atoms with Gasteiger partial charge in [-0.1, -0.05) is 13.8 Å². The van der Waals surface area contributed by atoms with E-state index >= 15 is 0 Å². The Hall–Kier alpha value is -1.50. The van der Waals surface area contributed by atoms with Gasteiger partial charge in [0.2, 0.25) is 0 Å². The highest BCUT2D eigenvalue weighted by Crippen LogP contribution is 2.18. The van der Waals surface area contributed by atoms with Crippen LogP contribution in [0.15, 0.2) is 24.5 Å². The van der Waals surface area contributed by atoms with Gasteiger partial charge in [-0.2, -0.15) is 0 Å². The molecule has 8 heteroatoms. The molecule has 1 amide bonds. The maximum atomic E-state index is 13.7. The molecular weight excluding hydrogens is 354 g/mol. The van der Waals surface area contributed by atoms with Crippen LogP contribution in [0, 0.1) is 11.7 Å². The summed E-state index contributed by atoms with van der Waals surface area (Å²) in [5.41, 5.74) is 7.01. The summed E-state index contributed by atoms with van der Waals surface area (Å²) in [7, 11) is 1.68. The highest BCUT2D eigenvalue weighted by atomic mass is 35.5. The Kier molecular flexibility index (Phi) is 9.11. The lowest BCUT2D eigenvalue weighted by Gasteiger charge is -2.22. The van der Waals surface area contributed by atoms with Gasteiger partial charge in [0.15, 0.2) is 0 Å². The molecule has 2 N–H and O–H groups in total. The first-order valence-electron chi connectivity index (χ1n) is 7.31. The fraction of sp³-hybridized carbons (Fsp3) is 0.438. The molecule has 2 rings (SSSR count). The van der Waals surface area contributed by atoms with Crippen LogP contribution in [0.1, 0.15) is 30.6 Å². The fourth-order valence-electron chi connectivity index (χ4n) is 2.19. The monoisotopic (exact) mass is 376 g/mol. The molecule has 2 aromatic rings. The van der Waals surface area contributed by atoms with Gasteiger partial charge in [0.05, 0.1) is 11.1 Å². The van der Waals surface area contributed by atoms with Gasteiger partial charge in [0.25, 0.3) is 5.91 Å². The van der Waals surface area contributed by atoms with Crippen molar-refractivity contribution in [2.75, 3.05) is 13.6 Å². The highest BCUT2D eigenvalue weighted by molar-refractivity contribution is 6.04. The first-order valence-corrected chi connectivity index (χ1v) is 7.31. The maximum Gasteiger partial charge on any atom is 0.255 e. The number of aromatic nitrogens is 2. The van der Waals surface area contributed by atoms with E-state index in [1.807, 2.05) is 13.8 Å². The molecular formula is C16H23Cl2FN4O. The van der Waals surface area contributed by atoms with E-state index in [9.17, 15) is 9.18 Å². The van der Waals surface area contributed by atoms with E-state index in [-0.39, 0.29) is 42.3 Å². The molecule has 1 unspecified atom stereocenters. The van der Waals surface area contributed by atoms with Crippen molar-refractivity contribution in [1.29, 1.82) is 0 Å². The Morgan fingerprint density at radius 2 is 1.88 bits per heavy atom. The molecule has 0 saturated carbocycles. The number of rotatable bonds is 5. The lowest BCUT2D eigenvalue weighted by Crippen LogP contribution is -2.34. The van der Waals surface area contributed by atoms with Crippen LogP contribution in [0.2, 0.25) is 0 Å². The molecule has 1 aromatic carbocycles. The van der Waals surface area contributed by atoms with Gasteiger partial charge in [-0.15, -0.1) is 24.8 Å². The molecule has 24 heavy (non-hydrogen) atoms. The Morgan fingerprint density at radius 3 is 2.50 bits per heavy atom. The van der Waals surface area contributed by atoms with Crippen molar-refractivity contribution in [2.45, 2.75) is 26.3 Å². The smallest absolute Gasteiger partial charge is 0.255 e. The fourth-order valence-corrected chi connectivity index (χ4v) is 2.19. The van der Waals surface area contributed by atoms with Gasteiger partial charge in [0.1, 0.15) is 11.3 Å². The van der Waals surface area contributed by atoms with Crippen molar-refractivity contribution in [1.82, 2.24) is 14.9 Å². The number of amides is 1. The first kappa shape index (κ1) is 22.5. The van der Waals surface area contributed by atoms with E-state index in [1.165, 1.54) is 24.5 Å². The normalized spacial score (nSPS) is 11.6. The minimum absolute atomic E-state index is 0. The third kappa shape index (κ3) is 5.26. The SMILES string of the molecule is CC(C)C(N)CCN(C)C(=O)c1cc(F)cc2nccnc12.Cl.Cl. The molecule has 134 valence electrons. The largest absolute Gasteiger partial charge is 0.342 e. The molecule has 0 aliphatic carbocycles. The minimum atomic E-state index is -0.497. The standard InChI is InChI=1S/C16H21FN4O.2ClH/c1-10(2)13(18)4-7-21(3)16(22)12-8-11(17)9-14-15(12)20-6-5-19-14;;/h5-6,8-10,13H,4,7,18H2,1-3H3;2*1H. The second-order valence-corrected chi connectivity index (χ2v) is 5.80. The van der Waals surface area contributed by atoms with Crippen molar-refractivity contribution < 1.29 is 9.18 Å². The Morgan fingerprint density at radius 1 is 1.25 bits per heavy atom. The number of halogens is 3. The zero-order chi connectivity index (χ0) is 16.3. The lowest BCUT2D eigenvalue weighted by molar-refractivity contribution is 0.0790. The number of carbonyl (C=O) groups excluding carboxylic acids is 1. The van der Waals surface area contributed by atoms with Crippen LogP contribution in [0.3, 0.4) is 0 Å². The van der Waals surface area contributed by atoms with Crippen molar-refractivity contribution >= 4 is 41.8 Å². The number of nitrogens with two attached hydrogens (primary N) is 1. The van der Waals surface area contributed by atoms with E-state index in [4.69, 9.17) is 5.73 Å². The van der Waals surface area contributed by atoms with Crippen LogP contribution in [-0.4, -0.2) is 40.4 Å². The average molecular weight is 377 g/mol. The first-order chi connectivity index (χ1) is 10.4. The van der Waals surface area contributed by atoms with Gasteiger partial charge >= 0.3 is 0 Å². The van der Waals surface area contributed by atoms with Gasteiger partial charge in [-0.05, 0) is 18.4 Å². The zero-order valence-corrected chi connectivity index (χ0v) is 15.5. The summed E-state index contributed by atoms with van der Waals surface area (Å²) in [5.74, 6) is -0.422. The molecule has 0 aliphatic heterocycles. The Bertz CT molecular complexity index is 684. The van der Waals surface area contributed by atoms with Crippen LogP contribution in [0.25, 0.3) is 11.0 Å². The van der Waals surface area contributed by atoms with Gasteiger partial charge in [-0.25, -0.2) is 4.39 Å². The van der Waals surface area contributed by atoms with Gasteiger partial charge in [0, 0.05) is 38.1 Å². The van der Waals surface area contributed by atoms with Crippen molar-refractivity contribution in [2.24, 2.45) is 11.7 Å². The average Bonchev–Trinajstić information content (AvgIpc) is 2.50. The van der Waals surface area contributed by atoms with Crippen LogP contribution in [0.5, 0.6) is 0 Å². The molecule has 5 nitrogen and oxygen atoms in total. The van der Waals surface area contributed by atoms with E-state index in [0.717, 1.165) is 0 Å². The second-order valence-electron chi connectivity index (χ2n) is 5.80. The third-order valence-corrected chi connectivity index (χ3v) is 3.77. The molecule has 1 atom stereocenters. The second kappa shape index (κ2) is 9.71. The van der Waals surface area contributed by atoms with Crippen molar-refractivity contribution in [3.63, 3.8) is 0 Å². The molecule has 0 spiro atoms. The molecule has 0 saturated heterocycles. The summed E-state index contributed by atoms with van der Waals surface area (Å²) in [6, 6.07) is 2.51. The predicted octanol–water partition coefficient (Wildman–Crippen LogP) is 3.06. The van der Waals surface area contributed by atoms with Crippen LogP contribution >= 0.6 is 24.8 Å². The predicted molar refractivity (Wildman–Crippen MR) is 98.4 cm³/mol. The Balaban J connectivity index is 0.00000264. The molecule has 1 heterocycles. The van der Waals surface area contributed by atoms with E-state index < -0.39 is 5.82 Å². The number of carbonyl (C=O) groups is 1. The van der Waals surface area contributed by atoms with E-state index in [1.54, 1.807) is 11.9 Å². The molecule has 0 radical (unpaired) electrons. The van der Waals surface area contributed by atoms with Crippen molar-refractivity contribution in [3.8, 4) is 0 Å². The highest BCUT2D eigenvalue weighted by Gasteiger charge is 2.18. The summed E-state index contributed by atoms with van der Waals surface area (Å²) in [5, 5.41) is 0. The Labute approximate surface area is 153 Å².